The van der Waals surface area contributed by atoms with Gasteiger partial charge in [0, 0.05) is 18.7 Å². The Bertz CT molecular complexity index is 719. The van der Waals surface area contributed by atoms with E-state index >= 15 is 0 Å². The lowest BCUT2D eigenvalue weighted by atomic mass is 10.1. The molecule has 21 heavy (non-hydrogen) atoms. The zero-order valence-electron chi connectivity index (χ0n) is 10.9. The van der Waals surface area contributed by atoms with Crippen LogP contribution in [0.5, 0.6) is 0 Å². The third kappa shape index (κ3) is 2.86. The number of hydrogen-bond donors (Lipinski definition) is 0. The molecule has 0 bridgehead atoms. The van der Waals surface area contributed by atoms with E-state index in [9.17, 15) is 23.7 Å². The monoisotopic (exact) mass is 292 g/mol. The van der Waals surface area contributed by atoms with Crippen molar-refractivity contribution in [3.63, 3.8) is 0 Å². The standard InChI is InChI=1S/C14H10F2N2O3/c1-17(12-5-3-2-4-10(12)15)14(19)9-6-7-13(18(20)21)11(16)8-9/h2-8H,1H3. The summed E-state index contributed by atoms with van der Waals surface area (Å²) in [5.41, 5.74) is -0.801. The molecule has 1 amide bonds. The van der Waals surface area contributed by atoms with Gasteiger partial charge in [0.2, 0.25) is 5.82 Å². The summed E-state index contributed by atoms with van der Waals surface area (Å²) in [5, 5.41) is 10.5. The fraction of sp³-hybridized carbons (Fsp3) is 0.0714. The lowest BCUT2D eigenvalue weighted by Crippen LogP contribution is -2.27. The maximum absolute atomic E-state index is 13.6. The summed E-state index contributed by atoms with van der Waals surface area (Å²) in [6.07, 6.45) is 0. The number of halogens is 2. The number of benzene rings is 2. The largest absolute Gasteiger partial charge is 0.309 e. The van der Waals surface area contributed by atoms with Crippen molar-refractivity contribution < 1.29 is 18.5 Å². The molecule has 2 rings (SSSR count). The SMILES string of the molecule is CN(C(=O)c1ccc([N+](=O)[O-])c(F)c1)c1ccccc1F. The van der Waals surface area contributed by atoms with Gasteiger partial charge < -0.3 is 4.90 Å². The van der Waals surface area contributed by atoms with Crippen LogP contribution in [0.1, 0.15) is 10.4 Å². The molecule has 0 saturated heterocycles. The van der Waals surface area contributed by atoms with Crippen LogP contribution >= 0.6 is 0 Å². The Balaban J connectivity index is 2.34. The van der Waals surface area contributed by atoms with Gasteiger partial charge in [-0.1, -0.05) is 12.1 Å². The first-order valence-corrected chi connectivity index (χ1v) is 5.88. The van der Waals surface area contributed by atoms with Crippen molar-refractivity contribution in [2.24, 2.45) is 0 Å². The van der Waals surface area contributed by atoms with E-state index in [2.05, 4.69) is 0 Å². The summed E-state index contributed by atoms with van der Waals surface area (Å²) in [6.45, 7) is 0. The fourth-order valence-electron chi connectivity index (χ4n) is 1.81. The Morgan fingerprint density at radius 3 is 2.38 bits per heavy atom. The number of carbonyl (C=O) groups excluding carboxylic acids is 1. The molecule has 0 aliphatic rings. The van der Waals surface area contributed by atoms with Crippen molar-refractivity contribution in [3.8, 4) is 0 Å². The second-order valence-corrected chi connectivity index (χ2v) is 4.24. The quantitative estimate of drug-likeness (QED) is 0.645. The molecule has 0 atom stereocenters. The molecule has 2 aromatic rings. The number of nitro groups is 1. The summed E-state index contributed by atoms with van der Waals surface area (Å²) in [5.74, 6) is -2.39. The van der Waals surface area contributed by atoms with Crippen LogP contribution in [0.2, 0.25) is 0 Å². The summed E-state index contributed by atoms with van der Waals surface area (Å²) in [4.78, 5) is 22.8. The number of hydrogen-bond acceptors (Lipinski definition) is 3. The number of amides is 1. The van der Waals surface area contributed by atoms with Crippen LogP contribution in [0.3, 0.4) is 0 Å². The molecule has 5 nitrogen and oxygen atoms in total. The number of para-hydroxylation sites is 1. The normalized spacial score (nSPS) is 10.2. The van der Waals surface area contributed by atoms with Gasteiger partial charge >= 0.3 is 5.69 Å². The first kappa shape index (κ1) is 14.6. The fourth-order valence-corrected chi connectivity index (χ4v) is 1.81. The van der Waals surface area contributed by atoms with E-state index in [0.29, 0.717) is 0 Å². The van der Waals surface area contributed by atoms with Crippen LogP contribution in [0.15, 0.2) is 42.5 Å². The molecule has 108 valence electrons. The Morgan fingerprint density at radius 2 is 1.81 bits per heavy atom. The lowest BCUT2D eigenvalue weighted by Gasteiger charge is -2.17. The van der Waals surface area contributed by atoms with Crippen molar-refractivity contribution in [2.45, 2.75) is 0 Å². The molecule has 0 radical (unpaired) electrons. The molecular formula is C14H10F2N2O3. The molecule has 2 aromatic carbocycles. The van der Waals surface area contributed by atoms with Gasteiger partial charge in [0.05, 0.1) is 10.6 Å². The first-order valence-electron chi connectivity index (χ1n) is 5.88. The minimum atomic E-state index is -1.12. The van der Waals surface area contributed by atoms with Crippen molar-refractivity contribution in [3.05, 3.63) is 69.8 Å². The van der Waals surface area contributed by atoms with Gasteiger partial charge in [-0.15, -0.1) is 0 Å². The number of anilines is 1. The molecule has 0 aliphatic heterocycles. The van der Waals surface area contributed by atoms with Crippen molar-refractivity contribution >= 4 is 17.3 Å². The topological polar surface area (TPSA) is 63.5 Å². The van der Waals surface area contributed by atoms with E-state index in [-0.39, 0.29) is 11.3 Å². The highest BCUT2D eigenvalue weighted by molar-refractivity contribution is 6.05. The first-order chi connectivity index (χ1) is 9.91. The van der Waals surface area contributed by atoms with Crippen molar-refractivity contribution in [2.75, 3.05) is 11.9 Å². The number of carbonyl (C=O) groups is 1. The zero-order chi connectivity index (χ0) is 15.6. The van der Waals surface area contributed by atoms with Gasteiger partial charge in [0.1, 0.15) is 5.82 Å². The van der Waals surface area contributed by atoms with Gasteiger partial charge in [-0.2, -0.15) is 4.39 Å². The molecule has 0 spiro atoms. The van der Waals surface area contributed by atoms with E-state index in [0.717, 1.165) is 23.1 Å². The number of rotatable bonds is 3. The molecule has 0 heterocycles. The predicted molar refractivity (Wildman–Crippen MR) is 72.2 cm³/mol. The van der Waals surface area contributed by atoms with Crippen LogP contribution in [0.4, 0.5) is 20.2 Å². The second-order valence-electron chi connectivity index (χ2n) is 4.24. The van der Waals surface area contributed by atoms with Gasteiger partial charge in [0.15, 0.2) is 0 Å². The van der Waals surface area contributed by atoms with E-state index in [1.807, 2.05) is 0 Å². The number of nitro benzene ring substituents is 1. The highest BCUT2D eigenvalue weighted by atomic mass is 19.1. The Labute approximate surface area is 118 Å². The predicted octanol–water partition coefficient (Wildman–Crippen LogP) is 3.15. The molecule has 0 aliphatic carbocycles. The van der Waals surface area contributed by atoms with E-state index in [4.69, 9.17) is 0 Å². The maximum Gasteiger partial charge on any atom is 0.304 e. The zero-order valence-corrected chi connectivity index (χ0v) is 10.9. The lowest BCUT2D eigenvalue weighted by molar-refractivity contribution is -0.387. The van der Waals surface area contributed by atoms with Crippen LogP contribution < -0.4 is 4.90 Å². The minimum absolute atomic E-state index is 0.0289. The smallest absolute Gasteiger partial charge is 0.304 e. The Hall–Kier alpha value is -2.83. The van der Waals surface area contributed by atoms with E-state index < -0.39 is 28.2 Å². The molecule has 0 unspecified atom stereocenters. The molecule has 0 N–H and O–H groups in total. The average Bonchev–Trinajstić information content (AvgIpc) is 2.45. The van der Waals surface area contributed by atoms with Crippen LogP contribution in [-0.2, 0) is 0 Å². The van der Waals surface area contributed by atoms with Gasteiger partial charge in [-0.25, -0.2) is 4.39 Å². The summed E-state index contributed by atoms with van der Waals surface area (Å²) in [7, 11) is 1.33. The summed E-state index contributed by atoms with van der Waals surface area (Å²) < 4.78 is 27.1. The van der Waals surface area contributed by atoms with Crippen molar-refractivity contribution in [1.82, 2.24) is 0 Å². The molecule has 7 heteroatoms. The van der Waals surface area contributed by atoms with Gasteiger partial charge in [-0.05, 0) is 24.3 Å². The Kier molecular flexibility index (Phi) is 3.93. The number of nitrogens with zero attached hydrogens (tertiary/aromatic N) is 2. The van der Waals surface area contributed by atoms with Gasteiger partial charge in [0.25, 0.3) is 5.91 Å². The highest BCUT2D eigenvalue weighted by Gasteiger charge is 2.20. The Morgan fingerprint density at radius 1 is 1.14 bits per heavy atom. The van der Waals surface area contributed by atoms with Crippen LogP contribution in [-0.4, -0.2) is 17.9 Å². The average molecular weight is 292 g/mol. The van der Waals surface area contributed by atoms with Crippen molar-refractivity contribution in [1.29, 1.82) is 0 Å². The maximum atomic E-state index is 13.6. The summed E-state index contributed by atoms with van der Waals surface area (Å²) >= 11 is 0. The molecule has 0 aromatic heterocycles. The molecule has 0 fully saturated rings. The molecule has 0 saturated carbocycles. The third-order valence-corrected chi connectivity index (χ3v) is 2.91. The minimum Gasteiger partial charge on any atom is -0.309 e. The van der Waals surface area contributed by atoms with E-state index in [1.54, 1.807) is 6.07 Å². The molecular weight excluding hydrogens is 282 g/mol. The summed E-state index contributed by atoms with van der Waals surface area (Å²) in [6, 6.07) is 8.41. The van der Waals surface area contributed by atoms with Crippen LogP contribution in [0.25, 0.3) is 0 Å². The van der Waals surface area contributed by atoms with Crippen LogP contribution in [0, 0.1) is 21.7 Å². The second kappa shape index (κ2) is 5.66. The highest BCUT2D eigenvalue weighted by Crippen LogP contribution is 2.22. The van der Waals surface area contributed by atoms with Gasteiger partial charge in [-0.3, -0.25) is 14.9 Å². The third-order valence-electron chi connectivity index (χ3n) is 2.91. The van der Waals surface area contributed by atoms with E-state index in [1.165, 1.54) is 25.2 Å².